The lowest BCUT2D eigenvalue weighted by molar-refractivity contribution is -0.137. The van der Waals surface area contributed by atoms with Crippen LogP contribution >= 0.6 is 11.3 Å². The molecule has 5 nitrogen and oxygen atoms in total. The van der Waals surface area contributed by atoms with E-state index in [9.17, 15) is 9.59 Å². The molecule has 0 saturated carbocycles. The summed E-state index contributed by atoms with van der Waals surface area (Å²) >= 11 is 1.60. The fourth-order valence-electron chi connectivity index (χ4n) is 4.85. The third-order valence-electron chi connectivity index (χ3n) is 6.37. The lowest BCUT2D eigenvalue weighted by Gasteiger charge is -2.28. The first-order valence-corrected chi connectivity index (χ1v) is 11.3. The Hall–Kier alpha value is -2.21. The monoisotopic (exact) mass is 411 g/mol. The molecule has 4 rings (SSSR count). The quantitative estimate of drug-likeness (QED) is 0.757. The van der Waals surface area contributed by atoms with Crippen LogP contribution in [0.4, 0.5) is 0 Å². The highest BCUT2D eigenvalue weighted by atomic mass is 32.1. The van der Waals surface area contributed by atoms with Crippen molar-refractivity contribution in [2.75, 3.05) is 26.2 Å². The van der Waals surface area contributed by atoms with Gasteiger partial charge >= 0.3 is 0 Å². The van der Waals surface area contributed by atoms with Crippen molar-refractivity contribution >= 4 is 23.2 Å². The average Bonchev–Trinajstić information content (AvgIpc) is 3.40. The standard InChI is InChI=1S/C23H29N3O2S/c1-16(2)13-25-10-8-23(22(25)28)15-26(14-19(23)21-24-9-11-29-21)20(27)12-18-7-5-4-6-17(18)3/h4-7,9,11,16,19H,8,10,12-15H2,1-3H3/t19-,23+/m1/s1. The summed E-state index contributed by atoms with van der Waals surface area (Å²) in [4.78, 5) is 35.1. The highest BCUT2D eigenvalue weighted by Crippen LogP contribution is 2.50. The van der Waals surface area contributed by atoms with E-state index in [1.54, 1.807) is 17.5 Å². The third kappa shape index (κ3) is 3.70. The fraction of sp³-hybridized carbons (Fsp3) is 0.522. The molecule has 2 aromatic rings. The maximum absolute atomic E-state index is 13.5. The van der Waals surface area contributed by atoms with Gasteiger partial charge in [0.05, 0.1) is 16.8 Å². The van der Waals surface area contributed by atoms with E-state index >= 15 is 0 Å². The molecule has 0 bridgehead atoms. The van der Waals surface area contributed by atoms with Gasteiger partial charge in [-0.3, -0.25) is 9.59 Å². The van der Waals surface area contributed by atoms with Crippen LogP contribution in [0, 0.1) is 18.3 Å². The first kappa shape index (κ1) is 20.1. The van der Waals surface area contributed by atoms with Gasteiger partial charge in [0.1, 0.15) is 0 Å². The van der Waals surface area contributed by atoms with Crippen LogP contribution in [0.25, 0.3) is 0 Å². The second kappa shape index (κ2) is 7.90. The number of amides is 2. The minimum Gasteiger partial charge on any atom is -0.342 e. The van der Waals surface area contributed by atoms with Crippen LogP contribution in [-0.4, -0.2) is 52.8 Å². The number of thiazole rings is 1. The molecule has 0 radical (unpaired) electrons. The summed E-state index contributed by atoms with van der Waals surface area (Å²) in [6.45, 7) is 8.97. The van der Waals surface area contributed by atoms with Gasteiger partial charge in [-0.1, -0.05) is 38.1 Å². The minimum absolute atomic E-state index is 0.00650. The Bertz CT molecular complexity index is 895. The van der Waals surface area contributed by atoms with Crippen LogP contribution in [0.5, 0.6) is 0 Å². The van der Waals surface area contributed by atoms with Gasteiger partial charge in [-0.2, -0.15) is 0 Å². The number of carbonyl (C=O) groups excluding carboxylic acids is 2. The van der Waals surface area contributed by atoms with E-state index in [1.807, 2.05) is 46.4 Å². The van der Waals surface area contributed by atoms with Gasteiger partial charge in [-0.05, 0) is 30.4 Å². The molecule has 1 aromatic carbocycles. The molecule has 1 spiro atoms. The van der Waals surface area contributed by atoms with E-state index in [1.165, 1.54) is 0 Å². The zero-order valence-electron chi connectivity index (χ0n) is 17.4. The molecular formula is C23H29N3O2S. The van der Waals surface area contributed by atoms with Crippen molar-refractivity contribution in [3.05, 3.63) is 52.0 Å². The van der Waals surface area contributed by atoms with Gasteiger partial charge in [0.25, 0.3) is 0 Å². The lowest BCUT2D eigenvalue weighted by Crippen LogP contribution is -2.41. The molecule has 2 aliphatic heterocycles. The van der Waals surface area contributed by atoms with Crippen molar-refractivity contribution < 1.29 is 9.59 Å². The molecule has 2 saturated heterocycles. The van der Waals surface area contributed by atoms with Gasteiger partial charge in [-0.25, -0.2) is 4.98 Å². The summed E-state index contributed by atoms with van der Waals surface area (Å²) in [6.07, 6.45) is 2.99. The van der Waals surface area contributed by atoms with Gasteiger partial charge in [0.2, 0.25) is 11.8 Å². The number of hydrogen-bond donors (Lipinski definition) is 0. The first-order valence-electron chi connectivity index (χ1n) is 10.4. The molecule has 2 aliphatic rings. The number of aromatic nitrogens is 1. The zero-order chi connectivity index (χ0) is 20.6. The summed E-state index contributed by atoms with van der Waals surface area (Å²) in [6, 6.07) is 8.02. The Morgan fingerprint density at radius 2 is 2.14 bits per heavy atom. The average molecular weight is 412 g/mol. The Kier molecular flexibility index (Phi) is 5.47. The summed E-state index contributed by atoms with van der Waals surface area (Å²) < 4.78 is 0. The summed E-state index contributed by atoms with van der Waals surface area (Å²) in [5.41, 5.74) is 1.67. The number of aryl methyl sites for hydroxylation is 1. The van der Waals surface area contributed by atoms with Crippen molar-refractivity contribution in [3.63, 3.8) is 0 Å². The van der Waals surface area contributed by atoms with E-state index in [2.05, 4.69) is 18.8 Å². The van der Waals surface area contributed by atoms with Crippen LogP contribution in [0.1, 0.15) is 42.3 Å². The predicted molar refractivity (Wildman–Crippen MR) is 115 cm³/mol. The third-order valence-corrected chi connectivity index (χ3v) is 7.26. The molecule has 6 heteroatoms. The van der Waals surface area contributed by atoms with Crippen molar-refractivity contribution in [1.29, 1.82) is 0 Å². The minimum atomic E-state index is -0.520. The van der Waals surface area contributed by atoms with Crippen molar-refractivity contribution in [2.24, 2.45) is 11.3 Å². The van der Waals surface area contributed by atoms with E-state index in [0.717, 1.165) is 35.6 Å². The highest BCUT2D eigenvalue weighted by molar-refractivity contribution is 7.09. The van der Waals surface area contributed by atoms with Crippen LogP contribution in [0.15, 0.2) is 35.8 Å². The molecule has 2 fully saturated rings. The zero-order valence-corrected chi connectivity index (χ0v) is 18.2. The van der Waals surface area contributed by atoms with E-state index in [-0.39, 0.29) is 17.7 Å². The number of carbonyl (C=O) groups is 2. The van der Waals surface area contributed by atoms with Gasteiger partial charge in [0, 0.05) is 43.7 Å². The normalized spacial score (nSPS) is 24.3. The molecule has 3 heterocycles. The Morgan fingerprint density at radius 3 is 2.83 bits per heavy atom. The summed E-state index contributed by atoms with van der Waals surface area (Å²) in [5.74, 6) is 0.742. The predicted octanol–water partition coefficient (Wildman–Crippen LogP) is 3.49. The van der Waals surface area contributed by atoms with Crippen molar-refractivity contribution in [1.82, 2.24) is 14.8 Å². The van der Waals surface area contributed by atoms with Crippen LogP contribution in [-0.2, 0) is 16.0 Å². The first-order chi connectivity index (χ1) is 13.9. The molecule has 1 aromatic heterocycles. The maximum atomic E-state index is 13.5. The van der Waals surface area contributed by atoms with Crippen molar-refractivity contribution in [3.8, 4) is 0 Å². The molecule has 0 N–H and O–H groups in total. The molecule has 2 amide bonds. The summed E-state index contributed by atoms with van der Waals surface area (Å²) in [5, 5.41) is 2.95. The lowest BCUT2D eigenvalue weighted by atomic mass is 9.77. The van der Waals surface area contributed by atoms with E-state index < -0.39 is 5.41 Å². The number of rotatable bonds is 5. The highest BCUT2D eigenvalue weighted by Gasteiger charge is 2.58. The van der Waals surface area contributed by atoms with Crippen LogP contribution in [0.2, 0.25) is 0 Å². The number of benzene rings is 1. The number of likely N-dealkylation sites (tertiary alicyclic amines) is 2. The van der Waals surface area contributed by atoms with Gasteiger partial charge in [0.15, 0.2) is 0 Å². The smallest absolute Gasteiger partial charge is 0.231 e. The summed E-state index contributed by atoms with van der Waals surface area (Å²) in [7, 11) is 0. The second-order valence-electron chi connectivity index (χ2n) is 8.85. The number of hydrogen-bond acceptors (Lipinski definition) is 4. The molecule has 0 unspecified atom stereocenters. The topological polar surface area (TPSA) is 53.5 Å². The van der Waals surface area contributed by atoms with Crippen LogP contribution < -0.4 is 0 Å². The van der Waals surface area contributed by atoms with E-state index in [4.69, 9.17) is 0 Å². The molecule has 2 atom stereocenters. The maximum Gasteiger partial charge on any atom is 0.231 e. The SMILES string of the molecule is Cc1ccccc1CC(=O)N1C[C@H](c2nccs2)[C@]2(CCN(CC(C)C)C2=O)C1. The Labute approximate surface area is 176 Å². The van der Waals surface area contributed by atoms with Gasteiger partial charge in [-0.15, -0.1) is 11.3 Å². The second-order valence-corrected chi connectivity index (χ2v) is 9.78. The fourth-order valence-corrected chi connectivity index (χ4v) is 5.69. The van der Waals surface area contributed by atoms with Crippen LogP contribution in [0.3, 0.4) is 0 Å². The van der Waals surface area contributed by atoms with E-state index in [0.29, 0.717) is 25.4 Å². The molecule has 29 heavy (non-hydrogen) atoms. The van der Waals surface area contributed by atoms with Crippen molar-refractivity contribution in [2.45, 2.75) is 39.5 Å². The Morgan fingerprint density at radius 1 is 1.34 bits per heavy atom. The molecular weight excluding hydrogens is 382 g/mol. The Balaban J connectivity index is 1.59. The largest absolute Gasteiger partial charge is 0.342 e. The molecule has 0 aliphatic carbocycles. The molecule has 154 valence electrons. The number of nitrogens with zero attached hydrogens (tertiary/aromatic N) is 3. The van der Waals surface area contributed by atoms with Gasteiger partial charge < -0.3 is 9.80 Å².